The molecule has 0 saturated heterocycles. The summed E-state index contributed by atoms with van der Waals surface area (Å²) in [7, 11) is 0. The Hall–Kier alpha value is -5.07. The number of nitro benzene ring substituents is 2. The zero-order valence-corrected chi connectivity index (χ0v) is 17.0. The summed E-state index contributed by atoms with van der Waals surface area (Å²) in [6.07, 6.45) is 1.46. The van der Waals surface area contributed by atoms with Crippen molar-refractivity contribution >= 4 is 17.5 Å². The number of nitrogens with zero attached hydrogens (tertiary/aromatic N) is 4. The van der Waals surface area contributed by atoms with Crippen LogP contribution in [0.5, 0.6) is 0 Å². The fourth-order valence-electron chi connectivity index (χ4n) is 3.06. The summed E-state index contributed by atoms with van der Waals surface area (Å²) in [4.78, 5) is 41.5. The fourth-order valence-corrected chi connectivity index (χ4v) is 3.06. The van der Waals surface area contributed by atoms with Crippen molar-refractivity contribution in [2.24, 2.45) is 0 Å². The molecule has 0 saturated carbocycles. The van der Waals surface area contributed by atoms with Crippen molar-refractivity contribution in [2.45, 2.75) is 12.2 Å². The van der Waals surface area contributed by atoms with Gasteiger partial charge in [0.15, 0.2) is 25.0 Å². The van der Waals surface area contributed by atoms with Crippen molar-refractivity contribution < 1.29 is 32.9 Å². The summed E-state index contributed by atoms with van der Waals surface area (Å²) >= 11 is 0. The molecule has 0 spiro atoms. The number of hydrogen-bond acceptors (Lipinski definition) is 11. The number of carbonyl (C=O) groups is 1. The molecule has 0 fully saturated rings. The van der Waals surface area contributed by atoms with Gasteiger partial charge in [-0.25, -0.2) is 14.8 Å². The molecule has 4 rings (SSSR count). The van der Waals surface area contributed by atoms with E-state index in [1.165, 1.54) is 61.1 Å². The van der Waals surface area contributed by atoms with Gasteiger partial charge in [-0.2, -0.15) is 0 Å². The number of aromatic nitrogens is 2. The summed E-state index contributed by atoms with van der Waals surface area (Å²) in [5.74, 6) is 0. The maximum absolute atomic E-state index is 12.8. The number of non-ortho nitro benzene ring substituents is 2. The van der Waals surface area contributed by atoms with E-state index in [9.17, 15) is 25.0 Å². The van der Waals surface area contributed by atoms with Crippen LogP contribution in [0.1, 0.15) is 34.7 Å². The second kappa shape index (κ2) is 9.60. The number of ether oxygens (including phenoxy) is 2. The molecular formula is C21H14N4O9. The lowest BCUT2D eigenvalue weighted by Crippen LogP contribution is -2.18. The molecule has 34 heavy (non-hydrogen) atoms. The number of oxazole rings is 2. The third-order valence-electron chi connectivity index (χ3n) is 4.68. The molecule has 2 aromatic carbocycles. The van der Waals surface area contributed by atoms with Crippen LogP contribution in [0.4, 0.5) is 16.2 Å². The van der Waals surface area contributed by atoms with Crippen LogP contribution < -0.4 is 0 Å². The van der Waals surface area contributed by atoms with E-state index >= 15 is 0 Å². The number of nitro groups is 2. The zero-order valence-electron chi connectivity index (χ0n) is 17.0. The topological polar surface area (TPSA) is 174 Å². The van der Waals surface area contributed by atoms with Crippen molar-refractivity contribution in [1.82, 2.24) is 9.97 Å². The van der Waals surface area contributed by atoms with Crippen molar-refractivity contribution in [2.75, 3.05) is 0 Å². The summed E-state index contributed by atoms with van der Waals surface area (Å²) in [6, 6.07) is 10.7. The Balaban J connectivity index is 1.58. The van der Waals surface area contributed by atoms with Crippen molar-refractivity contribution in [3.63, 3.8) is 0 Å². The fraction of sp³-hybridized carbons (Fsp3) is 0.0952. The molecule has 0 aliphatic carbocycles. The van der Waals surface area contributed by atoms with Crippen LogP contribution in [0.3, 0.4) is 0 Å². The molecule has 172 valence electrons. The molecule has 2 heterocycles. The SMILES string of the molecule is O=C(OC(c1ccc([N+](=O)[O-])cc1)c1cocn1)OC(c1ccc([N+](=O)[O-])cc1)c1cocn1. The number of hydrogen-bond donors (Lipinski definition) is 0. The van der Waals surface area contributed by atoms with Crippen LogP contribution in [-0.4, -0.2) is 26.0 Å². The summed E-state index contributed by atoms with van der Waals surface area (Å²) in [5.41, 5.74) is 0.914. The van der Waals surface area contributed by atoms with Crippen LogP contribution >= 0.6 is 0 Å². The molecular weight excluding hydrogens is 452 g/mol. The minimum absolute atomic E-state index is 0.144. The van der Waals surface area contributed by atoms with Crippen LogP contribution in [-0.2, 0) is 9.47 Å². The van der Waals surface area contributed by atoms with E-state index < -0.39 is 28.2 Å². The van der Waals surface area contributed by atoms with E-state index in [4.69, 9.17) is 18.3 Å². The normalized spacial score (nSPS) is 12.5. The molecule has 0 amide bonds. The first-order valence-electron chi connectivity index (χ1n) is 9.54. The number of rotatable bonds is 8. The molecule has 13 nitrogen and oxygen atoms in total. The average molecular weight is 466 g/mol. The highest BCUT2D eigenvalue weighted by Gasteiger charge is 2.28. The monoisotopic (exact) mass is 466 g/mol. The standard InChI is InChI=1S/C21H14N4O9/c26-21(33-19(17-9-31-11-22-17)13-1-5-15(6-2-13)24(27)28)34-20(18-10-32-12-23-18)14-3-7-16(8-4-14)25(29)30/h1-12,19-20H. The van der Waals surface area contributed by atoms with E-state index in [0.717, 1.165) is 12.8 Å². The van der Waals surface area contributed by atoms with E-state index in [0.29, 0.717) is 11.1 Å². The first kappa shape index (κ1) is 22.1. The van der Waals surface area contributed by atoms with Crippen molar-refractivity contribution in [3.05, 3.63) is 117 Å². The molecule has 2 aromatic heterocycles. The Labute approximate surface area is 189 Å². The van der Waals surface area contributed by atoms with Gasteiger partial charge in [0.05, 0.1) is 9.85 Å². The third kappa shape index (κ3) is 4.88. The maximum atomic E-state index is 12.8. The van der Waals surface area contributed by atoms with Crippen molar-refractivity contribution in [3.8, 4) is 0 Å². The van der Waals surface area contributed by atoms with Gasteiger partial charge in [-0.05, 0) is 35.4 Å². The highest BCUT2D eigenvalue weighted by atomic mass is 16.7. The minimum atomic E-state index is -1.13. The Morgan fingerprint density at radius 1 is 0.735 bits per heavy atom. The molecule has 0 radical (unpaired) electrons. The van der Waals surface area contributed by atoms with Gasteiger partial charge in [-0.3, -0.25) is 20.2 Å². The Kier molecular flexibility index (Phi) is 6.25. The predicted octanol–water partition coefficient (Wildman–Crippen LogP) is 4.51. The van der Waals surface area contributed by atoms with Gasteiger partial charge < -0.3 is 18.3 Å². The number of carbonyl (C=O) groups excluding carboxylic acids is 1. The molecule has 13 heteroatoms. The van der Waals surface area contributed by atoms with Gasteiger partial charge >= 0.3 is 6.16 Å². The highest BCUT2D eigenvalue weighted by Crippen LogP contribution is 2.31. The molecule has 0 aliphatic heterocycles. The lowest BCUT2D eigenvalue weighted by atomic mass is 10.1. The van der Waals surface area contributed by atoms with Gasteiger partial charge in [0.1, 0.15) is 23.9 Å². The quantitative estimate of drug-likeness (QED) is 0.203. The first-order valence-corrected chi connectivity index (χ1v) is 9.54. The molecule has 0 bridgehead atoms. The van der Waals surface area contributed by atoms with E-state index in [1.54, 1.807) is 0 Å². The zero-order chi connectivity index (χ0) is 24.1. The smallest absolute Gasteiger partial charge is 0.451 e. The maximum Gasteiger partial charge on any atom is 0.510 e. The molecule has 0 aliphatic rings. The average Bonchev–Trinajstić information content (AvgIpc) is 3.56. The Bertz CT molecular complexity index is 1170. The molecule has 2 unspecified atom stereocenters. The molecule has 2 atom stereocenters. The van der Waals surface area contributed by atoms with Gasteiger partial charge in [-0.1, -0.05) is 0 Å². The van der Waals surface area contributed by atoms with E-state index in [2.05, 4.69) is 9.97 Å². The van der Waals surface area contributed by atoms with Crippen LogP contribution in [0.15, 0.2) is 82.7 Å². The summed E-state index contributed by atoms with van der Waals surface area (Å²) in [6.45, 7) is 0. The Morgan fingerprint density at radius 3 is 1.41 bits per heavy atom. The first-order chi connectivity index (χ1) is 16.4. The van der Waals surface area contributed by atoms with E-state index in [-0.39, 0.29) is 22.8 Å². The molecule has 4 aromatic rings. The second-order valence-electron chi connectivity index (χ2n) is 6.77. The predicted molar refractivity (Wildman–Crippen MR) is 110 cm³/mol. The van der Waals surface area contributed by atoms with Crippen LogP contribution in [0.2, 0.25) is 0 Å². The van der Waals surface area contributed by atoms with Gasteiger partial charge in [0, 0.05) is 24.3 Å². The van der Waals surface area contributed by atoms with Crippen LogP contribution in [0.25, 0.3) is 0 Å². The lowest BCUT2D eigenvalue weighted by Gasteiger charge is -2.19. The second-order valence-corrected chi connectivity index (χ2v) is 6.77. The minimum Gasteiger partial charge on any atom is -0.451 e. The lowest BCUT2D eigenvalue weighted by molar-refractivity contribution is -0.385. The van der Waals surface area contributed by atoms with Gasteiger partial charge in [0.2, 0.25) is 0 Å². The van der Waals surface area contributed by atoms with Gasteiger partial charge in [-0.15, -0.1) is 0 Å². The van der Waals surface area contributed by atoms with E-state index in [1.807, 2.05) is 0 Å². The molecule has 0 N–H and O–H groups in total. The Morgan fingerprint density at radius 2 is 1.12 bits per heavy atom. The third-order valence-corrected chi connectivity index (χ3v) is 4.68. The van der Waals surface area contributed by atoms with Crippen LogP contribution in [0, 0.1) is 20.2 Å². The highest BCUT2D eigenvalue weighted by molar-refractivity contribution is 5.62. The summed E-state index contributed by atoms with van der Waals surface area (Å²) < 4.78 is 20.9. The number of benzene rings is 2. The van der Waals surface area contributed by atoms with Gasteiger partial charge in [0.25, 0.3) is 11.4 Å². The summed E-state index contributed by atoms with van der Waals surface area (Å²) in [5, 5.41) is 21.9. The largest absolute Gasteiger partial charge is 0.510 e. The van der Waals surface area contributed by atoms with Crippen molar-refractivity contribution in [1.29, 1.82) is 0 Å².